The van der Waals surface area contributed by atoms with Gasteiger partial charge in [-0.2, -0.15) is 0 Å². The van der Waals surface area contributed by atoms with Crippen LogP contribution in [-0.4, -0.2) is 17.6 Å². The first-order chi connectivity index (χ1) is 10.6. The number of H-pyrrole nitrogens is 1. The van der Waals surface area contributed by atoms with Gasteiger partial charge in [0.05, 0.1) is 17.8 Å². The molecular formula is C18H18N2O2. The molecule has 3 aromatic rings. The number of carbonyl (C=O) groups is 1. The fourth-order valence-corrected chi connectivity index (χ4v) is 2.73. The predicted molar refractivity (Wildman–Crippen MR) is 88.8 cm³/mol. The zero-order valence-corrected chi connectivity index (χ0v) is 12.6. The Morgan fingerprint density at radius 3 is 2.64 bits per heavy atom. The van der Waals surface area contributed by atoms with E-state index < -0.39 is 0 Å². The van der Waals surface area contributed by atoms with Crippen LogP contribution in [-0.2, 0) is 4.74 Å². The number of aryl methyl sites for hydroxylation is 1. The maximum Gasteiger partial charge on any atom is 0.355 e. The lowest BCUT2D eigenvalue weighted by atomic mass is 10.0. The van der Waals surface area contributed by atoms with Crippen molar-refractivity contribution in [2.24, 2.45) is 0 Å². The summed E-state index contributed by atoms with van der Waals surface area (Å²) in [5.41, 5.74) is 10.8. The van der Waals surface area contributed by atoms with E-state index in [1.165, 1.54) is 0 Å². The third-order valence-electron chi connectivity index (χ3n) is 3.62. The summed E-state index contributed by atoms with van der Waals surface area (Å²) in [4.78, 5) is 15.5. The molecule has 0 bridgehead atoms. The average Bonchev–Trinajstić information content (AvgIpc) is 2.88. The molecule has 0 fully saturated rings. The van der Waals surface area contributed by atoms with Gasteiger partial charge in [0.15, 0.2) is 0 Å². The summed E-state index contributed by atoms with van der Waals surface area (Å²) in [5, 5.41) is 0.937. The Kier molecular flexibility index (Phi) is 3.59. The first-order valence-electron chi connectivity index (χ1n) is 7.26. The Morgan fingerprint density at radius 2 is 1.95 bits per heavy atom. The van der Waals surface area contributed by atoms with Crippen LogP contribution in [0.5, 0.6) is 0 Å². The number of fused-ring (bicyclic) bond motifs is 1. The van der Waals surface area contributed by atoms with E-state index in [4.69, 9.17) is 10.5 Å². The molecule has 0 radical (unpaired) electrons. The number of benzene rings is 2. The summed E-state index contributed by atoms with van der Waals surface area (Å²) < 4.78 is 5.18. The Morgan fingerprint density at radius 1 is 1.23 bits per heavy atom. The zero-order chi connectivity index (χ0) is 15.7. The van der Waals surface area contributed by atoms with Gasteiger partial charge < -0.3 is 15.5 Å². The van der Waals surface area contributed by atoms with E-state index in [-0.39, 0.29) is 5.97 Å². The van der Waals surface area contributed by atoms with Gasteiger partial charge in [-0.05, 0) is 37.1 Å². The molecule has 0 spiro atoms. The molecule has 1 aromatic heterocycles. The number of anilines is 1. The fraction of sp³-hybridized carbons (Fsp3) is 0.167. The second-order valence-electron chi connectivity index (χ2n) is 5.24. The van der Waals surface area contributed by atoms with Gasteiger partial charge >= 0.3 is 5.97 Å². The van der Waals surface area contributed by atoms with Gasteiger partial charge in [-0.15, -0.1) is 0 Å². The van der Waals surface area contributed by atoms with Gasteiger partial charge in [0.25, 0.3) is 0 Å². The maximum absolute atomic E-state index is 12.3. The van der Waals surface area contributed by atoms with E-state index >= 15 is 0 Å². The van der Waals surface area contributed by atoms with Gasteiger partial charge in [0.2, 0.25) is 0 Å². The molecule has 0 saturated heterocycles. The third kappa shape index (κ3) is 2.33. The highest BCUT2D eigenvalue weighted by Gasteiger charge is 2.21. The smallest absolute Gasteiger partial charge is 0.355 e. The molecular weight excluding hydrogens is 276 g/mol. The first kappa shape index (κ1) is 14.2. The van der Waals surface area contributed by atoms with Crippen molar-refractivity contribution < 1.29 is 9.53 Å². The number of aromatic amines is 1. The monoisotopic (exact) mass is 294 g/mol. The van der Waals surface area contributed by atoms with Gasteiger partial charge in [0, 0.05) is 10.9 Å². The lowest BCUT2D eigenvalue weighted by Gasteiger charge is -2.05. The summed E-state index contributed by atoms with van der Waals surface area (Å²) in [7, 11) is 0. The molecule has 0 amide bonds. The second-order valence-corrected chi connectivity index (χ2v) is 5.24. The SMILES string of the molecule is CCOC(=O)c1[nH]c2c(N)cc(C)cc2c1-c1ccccc1. The molecule has 1 heterocycles. The van der Waals surface area contributed by atoms with Gasteiger partial charge in [0.1, 0.15) is 5.69 Å². The van der Waals surface area contributed by atoms with Crippen LogP contribution in [0.1, 0.15) is 23.0 Å². The number of esters is 1. The average molecular weight is 294 g/mol. The number of hydrogen-bond acceptors (Lipinski definition) is 3. The Hall–Kier alpha value is -2.75. The van der Waals surface area contributed by atoms with Crippen LogP contribution in [0.15, 0.2) is 42.5 Å². The molecule has 3 rings (SSSR count). The second kappa shape index (κ2) is 5.56. The van der Waals surface area contributed by atoms with Crippen LogP contribution >= 0.6 is 0 Å². The third-order valence-corrected chi connectivity index (χ3v) is 3.62. The van der Waals surface area contributed by atoms with E-state index in [0.717, 1.165) is 27.6 Å². The molecule has 0 saturated carbocycles. The highest BCUT2D eigenvalue weighted by Crippen LogP contribution is 2.36. The normalized spacial score (nSPS) is 10.8. The molecule has 112 valence electrons. The Balaban J connectivity index is 2.34. The molecule has 3 N–H and O–H groups in total. The largest absolute Gasteiger partial charge is 0.461 e. The maximum atomic E-state index is 12.3. The summed E-state index contributed by atoms with van der Waals surface area (Å²) in [6, 6.07) is 13.7. The number of aromatic nitrogens is 1. The van der Waals surface area contributed by atoms with Gasteiger partial charge in [-0.3, -0.25) is 0 Å². The standard InChI is InChI=1S/C18H18N2O2/c1-3-22-18(21)17-15(12-7-5-4-6-8-12)13-9-11(2)10-14(19)16(13)20-17/h4-10,20H,3,19H2,1-2H3. The molecule has 0 aliphatic rings. The summed E-state index contributed by atoms with van der Waals surface area (Å²) in [6.07, 6.45) is 0. The summed E-state index contributed by atoms with van der Waals surface area (Å²) >= 11 is 0. The van der Waals surface area contributed by atoms with E-state index in [1.54, 1.807) is 6.92 Å². The van der Waals surface area contributed by atoms with Crippen molar-refractivity contribution in [2.45, 2.75) is 13.8 Å². The molecule has 0 aliphatic heterocycles. The number of ether oxygens (including phenoxy) is 1. The molecule has 0 aliphatic carbocycles. The van der Waals surface area contributed by atoms with Crippen molar-refractivity contribution in [3.63, 3.8) is 0 Å². The quantitative estimate of drug-likeness (QED) is 0.568. The van der Waals surface area contributed by atoms with E-state index in [0.29, 0.717) is 18.0 Å². The number of nitrogens with one attached hydrogen (secondary N) is 1. The number of nitrogens with two attached hydrogens (primary N) is 1. The number of nitrogen functional groups attached to an aromatic ring is 1. The van der Waals surface area contributed by atoms with Crippen LogP contribution < -0.4 is 5.73 Å². The summed E-state index contributed by atoms with van der Waals surface area (Å²) in [6.45, 7) is 4.11. The van der Waals surface area contributed by atoms with Crippen molar-refractivity contribution in [1.29, 1.82) is 0 Å². The van der Waals surface area contributed by atoms with E-state index in [2.05, 4.69) is 4.98 Å². The predicted octanol–water partition coefficient (Wildman–Crippen LogP) is 3.90. The number of hydrogen-bond donors (Lipinski definition) is 2. The van der Waals surface area contributed by atoms with Crippen LogP contribution in [0, 0.1) is 6.92 Å². The van der Waals surface area contributed by atoms with Gasteiger partial charge in [-0.1, -0.05) is 30.3 Å². The van der Waals surface area contributed by atoms with Crippen LogP contribution in [0.2, 0.25) is 0 Å². The molecule has 0 unspecified atom stereocenters. The van der Waals surface area contributed by atoms with E-state index in [1.807, 2.05) is 49.4 Å². The van der Waals surface area contributed by atoms with Crippen molar-refractivity contribution in [1.82, 2.24) is 4.98 Å². The fourth-order valence-electron chi connectivity index (χ4n) is 2.73. The van der Waals surface area contributed by atoms with Crippen molar-refractivity contribution in [3.8, 4) is 11.1 Å². The van der Waals surface area contributed by atoms with Crippen LogP contribution in [0.3, 0.4) is 0 Å². The minimum absolute atomic E-state index is 0.330. The number of carbonyl (C=O) groups excluding carboxylic acids is 1. The highest BCUT2D eigenvalue weighted by molar-refractivity contribution is 6.10. The van der Waals surface area contributed by atoms with E-state index in [9.17, 15) is 4.79 Å². The Labute approximate surface area is 128 Å². The molecule has 4 heteroatoms. The zero-order valence-electron chi connectivity index (χ0n) is 12.6. The van der Waals surface area contributed by atoms with Crippen LogP contribution in [0.4, 0.5) is 5.69 Å². The highest BCUT2D eigenvalue weighted by atomic mass is 16.5. The molecule has 22 heavy (non-hydrogen) atoms. The summed E-state index contributed by atoms with van der Waals surface area (Å²) in [5.74, 6) is -0.366. The van der Waals surface area contributed by atoms with Gasteiger partial charge in [-0.25, -0.2) is 4.79 Å². The first-order valence-corrected chi connectivity index (χ1v) is 7.26. The minimum atomic E-state index is -0.366. The minimum Gasteiger partial charge on any atom is -0.461 e. The number of rotatable bonds is 3. The Bertz CT molecular complexity index is 835. The molecule has 2 aromatic carbocycles. The topological polar surface area (TPSA) is 68.1 Å². The molecule has 0 atom stereocenters. The lowest BCUT2D eigenvalue weighted by Crippen LogP contribution is -2.06. The van der Waals surface area contributed by atoms with Crippen molar-refractivity contribution in [2.75, 3.05) is 12.3 Å². The van der Waals surface area contributed by atoms with Crippen LogP contribution in [0.25, 0.3) is 22.0 Å². The van der Waals surface area contributed by atoms with Crippen molar-refractivity contribution in [3.05, 3.63) is 53.7 Å². The lowest BCUT2D eigenvalue weighted by molar-refractivity contribution is 0.0521. The molecule has 4 nitrogen and oxygen atoms in total. The van der Waals surface area contributed by atoms with Crippen molar-refractivity contribution >= 4 is 22.6 Å².